The van der Waals surface area contributed by atoms with E-state index in [-0.39, 0.29) is 24.6 Å². The second-order valence-corrected chi connectivity index (χ2v) is 8.66. The Morgan fingerprint density at radius 2 is 1.23 bits per heavy atom. The van der Waals surface area contributed by atoms with Gasteiger partial charge in [0.1, 0.15) is 0 Å². The van der Waals surface area contributed by atoms with Crippen LogP contribution in [0.15, 0.2) is 60.9 Å². The molecule has 8 nitrogen and oxygen atoms in total. The molecule has 2 aromatic rings. The summed E-state index contributed by atoms with van der Waals surface area (Å²) in [6, 6.07) is 12.2. The molecule has 0 heterocycles. The van der Waals surface area contributed by atoms with Crippen LogP contribution in [0.3, 0.4) is 0 Å². The topological polar surface area (TPSA) is 105 Å². The van der Waals surface area contributed by atoms with Gasteiger partial charge in [-0.1, -0.05) is 0 Å². The first-order chi connectivity index (χ1) is 12.3. The maximum atomic E-state index is 10.7. The molecule has 0 fully saturated rings. The zero-order valence-electron chi connectivity index (χ0n) is 14.2. The van der Waals surface area contributed by atoms with Gasteiger partial charge < -0.3 is 0 Å². The number of nitro groups is 2. The molecule has 0 bridgehead atoms. The van der Waals surface area contributed by atoms with Crippen LogP contribution in [0.2, 0.25) is 0 Å². The van der Waals surface area contributed by atoms with E-state index < -0.39 is 17.4 Å². The van der Waals surface area contributed by atoms with Crippen LogP contribution >= 0.6 is 7.59 Å². The molecule has 0 aliphatic heterocycles. The molecule has 2 aromatic carbocycles. The number of nitro benzene ring substituents is 2. The minimum absolute atomic E-state index is 0.0203. The van der Waals surface area contributed by atoms with Crippen LogP contribution in [0.5, 0.6) is 0 Å². The van der Waals surface area contributed by atoms with E-state index in [1.165, 1.54) is 24.3 Å². The number of benzene rings is 2. The van der Waals surface area contributed by atoms with Gasteiger partial charge >= 0.3 is 151 Å². The van der Waals surface area contributed by atoms with Gasteiger partial charge in [0.2, 0.25) is 0 Å². The van der Waals surface area contributed by atoms with Crippen molar-refractivity contribution in [1.82, 2.24) is 0 Å². The zero-order valence-corrected chi connectivity index (χ0v) is 15.2. The Balaban J connectivity index is 1.93. The van der Waals surface area contributed by atoms with Crippen molar-refractivity contribution < 1.29 is 18.9 Å². The fraction of sp³-hybridized carbons (Fsp3) is 0.125. The Morgan fingerprint density at radius 3 is 1.50 bits per heavy atom. The van der Waals surface area contributed by atoms with E-state index in [0.29, 0.717) is 0 Å². The summed E-state index contributed by atoms with van der Waals surface area (Å²) in [4.78, 5) is 20.4. The number of hydrogen-bond acceptors (Lipinski definition) is 6. The third kappa shape index (κ3) is 5.45. The summed E-state index contributed by atoms with van der Waals surface area (Å²) < 4.78 is 11.7. The van der Waals surface area contributed by atoms with Gasteiger partial charge in [0.25, 0.3) is 0 Å². The number of non-ortho nitro benzene ring substituents is 2. The minimum atomic E-state index is -2.66. The van der Waals surface area contributed by atoms with E-state index in [9.17, 15) is 20.2 Å². The van der Waals surface area contributed by atoms with Crippen molar-refractivity contribution in [3.8, 4) is 0 Å². The van der Waals surface area contributed by atoms with Crippen molar-refractivity contribution in [2.24, 2.45) is 0 Å². The average molecular weight is 376 g/mol. The fourth-order valence-corrected chi connectivity index (χ4v) is 3.27. The van der Waals surface area contributed by atoms with Gasteiger partial charge in [-0.05, 0) is 0 Å². The molecular formula is C16H18BN2O6P. The molecule has 0 atom stereocenters. The Hall–Kier alpha value is -2.61. The first-order valence-corrected chi connectivity index (χ1v) is 10.1. The van der Waals surface area contributed by atoms with Crippen LogP contribution in [0.1, 0.15) is 11.1 Å². The van der Waals surface area contributed by atoms with Gasteiger partial charge in [-0.3, -0.25) is 0 Å². The van der Waals surface area contributed by atoms with Gasteiger partial charge in [0.05, 0.1) is 0 Å². The van der Waals surface area contributed by atoms with Crippen LogP contribution in [-0.4, -0.2) is 17.4 Å². The van der Waals surface area contributed by atoms with Crippen molar-refractivity contribution in [3.63, 3.8) is 0 Å². The van der Waals surface area contributed by atoms with Crippen molar-refractivity contribution >= 4 is 26.5 Å². The van der Waals surface area contributed by atoms with Gasteiger partial charge in [0, 0.05) is 0 Å². The second kappa shape index (κ2) is 8.67. The molecule has 0 aromatic heterocycles. The molecule has 2 rings (SSSR count). The summed E-state index contributed by atoms with van der Waals surface area (Å²) in [5.41, 5.74) is 1.61. The van der Waals surface area contributed by atoms with Crippen molar-refractivity contribution in [2.75, 3.05) is 0 Å². The molecule has 0 unspecified atom stereocenters. The van der Waals surface area contributed by atoms with Gasteiger partial charge in [-0.25, -0.2) is 0 Å². The first kappa shape index (κ1) is 19.7. The predicted molar refractivity (Wildman–Crippen MR) is 103 cm³/mol. The molecule has 0 N–H and O–H groups in total. The van der Waals surface area contributed by atoms with Crippen LogP contribution in [0.4, 0.5) is 11.4 Å². The Morgan fingerprint density at radius 1 is 0.885 bits per heavy atom. The molecule has 0 aliphatic rings. The van der Waals surface area contributed by atoms with Crippen LogP contribution in [0, 0.1) is 20.2 Å². The van der Waals surface area contributed by atoms with E-state index in [0.717, 1.165) is 11.1 Å². The Bertz CT molecular complexity index is 736. The predicted octanol–water partition coefficient (Wildman–Crippen LogP) is 3.51. The molecule has 0 saturated carbocycles. The first-order valence-electron chi connectivity index (χ1n) is 7.71. The van der Waals surface area contributed by atoms with E-state index in [4.69, 9.17) is 9.05 Å². The molecule has 136 valence electrons. The van der Waals surface area contributed by atoms with E-state index in [2.05, 4.69) is 6.58 Å². The summed E-state index contributed by atoms with van der Waals surface area (Å²) in [6.45, 7) is 4.25. The SMILES string of the molecule is B[PH](C=C)(OCc1ccc([N+](=O)[O-])cc1)OCc1ccc([N+](=O)[O-])cc1. The molecule has 26 heavy (non-hydrogen) atoms. The average Bonchev–Trinajstić information content (AvgIpc) is 2.65. The second-order valence-electron chi connectivity index (χ2n) is 5.64. The summed E-state index contributed by atoms with van der Waals surface area (Å²) in [7, 11) is -0.834. The maximum absolute atomic E-state index is 10.7. The van der Waals surface area contributed by atoms with Gasteiger partial charge in [-0.2, -0.15) is 0 Å². The molecule has 0 aliphatic carbocycles. The normalized spacial score (nSPS) is 11.7. The van der Waals surface area contributed by atoms with E-state index in [1.807, 2.05) is 7.57 Å². The van der Waals surface area contributed by atoms with Gasteiger partial charge in [0.15, 0.2) is 0 Å². The molecule has 10 heteroatoms. The zero-order chi connectivity index (χ0) is 19.2. The fourth-order valence-electron chi connectivity index (χ4n) is 2.04. The molecular weight excluding hydrogens is 358 g/mol. The Kier molecular flexibility index (Phi) is 6.57. The van der Waals surface area contributed by atoms with Gasteiger partial charge in [-0.15, -0.1) is 0 Å². The molecule has 0 amide bonds. The van der Waals surface area contributed by atoms with Crippen molar-refractivity contribution in [3.05, 3.63) is 92.3 Å². The molecule has 0 radical (unpaired) electrons. The monoisotopic (exact) mass is 376 g/mol. The third-order valence-electron chi connectivity index (χ3n) is 3.72. The van der Waals surface area contributed by atoms with Crippen molar-refractivity contribution in [1.29, 1.82) is 0 Å². The summed E-state index contributed by atoms with van der Waals surface area (Å²) in [6.07, 6.45) is 0. The van der Waals surface area contributed by atoms with Crippen molar-refractivity contribution in [2.45, 2.75) is 13.2 Å². The quantitative estimate of drug-likeness (QED) is 0.287. The third-order valence-corrected chi connectivity index (χ3v) is 5.89. The summed E-state index contributed by atoms with van der Waals surface area (Å²) >= 11 is 0. The Labute approximate surface area is 151 Å². The summed E-state index contributed by atoms with van der Waals surface area (Å²) in [5.74, 6) is 1.64. The van der Waals surface area contributed by atoms with Crippen LogP contribution < -0.4 is 0 Å². The molecule has 0 spiro atoms. The molecule has 0 saturated heterocycles. The van der Waals surface area contributed by atoms with Crippen LogP contribution in [-0.2, 0) is 22.3 Å². The van der Waals surface area contributed by atoms with E-state index >= 15 is 0 Å². The number of nitrogens with zero attached hydrogens (tertiary/aromatic N) is 2. The summed E-state index contributed by atoms with van der Waals surface area (Å²) in [5, 5.41) is 21.3. The standard InChI is InChI=1S/C16H18BN2O6P/c1-2-26(17,24-11-13-3-7-15(8-4-13)18(20)21)25-12-14-5-9-16(10-6-14)19(22)23/h2-10,26H,1,11-12,17H2. The van der Waals surface area contributed by atoms with E-state index in [1.54, 1.807) is 30.1 Å². The number of rotatable bonds is 9. The van der Waals surface area contributed by atoms with Crippen LogP contribution in [0.25, 0.3) is 0 Å². The number of hydrogen-bond donors (Lipinski definition) is 0.